The van der Waals surface area contributed by atoms with Crippen LogP contribution in [0.4, 0.5) is 0 Å². The summed E-state index contributed by atoms with van der Waals surface area (Å²) in [5.41, 5.74) is 10.7. The summed E-state index contributed by atoms with van der Waals surface area (Å²) in [4.78, 5) is 24.9. The Kier molecular flexibility index (Phi) is 2.78. The number of nitrogens with zero attached hydrogens (tertiary/aromatic N) is 1. The SMILES string of the molecule is NC(=O)c1cncc(C(N)C(=O)O)c1. The number of carbonyl (C=O) groups excluding carboxylic acids is 1. The third-order valence-electron chi connectivity index (χ3n) is 1.67. The van der Waals surface area contributed by atoms with Crippen LogP contribution in [-0.2, 0) is 4.79 Å². The maximum absolute atomic E-state index is 10.7. The molecule has 0 fully saturated rings. The van der Waals surface area contributed by atoms with E-state index in [-0.39, 0.29) is 11.1 Å². The van der Waals surface area contributed by atoms with Gasteiger partial charge in [-0.15, -0.1) is 0 Å². The molecule has 0 aliphatic heterocycles. The van der Waals surface area contributed by atoms with E-state index >= 15 is 0 Å². The van der Waals surface area contributed by atoms with Crippen molar-refractivity contribution in [2.45, 2.75) is 6.04 Å². The van der Waals surface area contributed by atoms with E-state index in [4.69, 9.17) is 16.6 Å². The molecule has 0 saturated heterocycles. The van der Waals surface area contributed by atoms with Crippen molar-refractivity contribution in [3.8, 4) is 0 Å². The van der Waals surface area contributed by atoms with Crippen molar-refractivity contribution >= 4 is 11.9 Å². The maximum atomic E-state index is 10.7. The first-order valence-electron chi connectivity index (χ1n) is 3.75. The first-order valence-corrected chi connectivity index (χ1v) is 3.75. The summed E-state index contributed by atoms with van der Waals surface area (Å²) in [6.45, 7) is 0. The summed E-state index contributed by atoms with van der Waals surface area (Å²) in [6.07, 6.45) is 2.53. The van der Waals surface area contributed by atoms with Crippen LogP contribution < -0.4 is 11.5 Å². The molecule has 5 N–H and O–H groups in total. The molecule has 1 aromatic heterocycles. The van der Waals surface area contributed by atoms with Crippen LogP contribution >= 0.6 is 0 Å². The summed E-state index contributed by atoms with van der Waals surface area (Å²) in [5, 5.41) is 8.60. The van der Waals surface area contributed by atoms with E-state index < -0.39 is 17.9 Å². The number of pyridine rings is 1. The highest BCUT2D eigenvalue weighted by Gasteiger charge is 2.15. The minimum Gasteiger partial charge on any atom is -0.480 e. The molecule has 1 atom stereocenters. The van der Waals surface area contributed by atoms with Crippen LogP contribution in [-0.4, -0.2) is 22.0 Å². The number of carboxylic acids is 1. The van der Waals surface area contributed by atoms with E-state index in [2.05, 4.69) is 4.98 Å². The van der Waals surface area contributed by atoms with Gasteiger partial charge >= 0.3 is 5.97 Å². The van der Waals surface area contributed by atoms with Crippen molar-refractivity contribution in [2.75, 3.05) is 0 Å². The van der Waals surface area contributed by atoms with Crippen LogP contribution in [0.15, 0.2) is 18.5 Å². The van der Waals surface area contributed by atoms with Crippen LogP contribution in [0.2, 0.25) is 0 Å². The van der Waals surface area contributed by atoms with Gasteiger partial charge in [0.05, 0.1) is 5.56 Å². The second kappa shape index (κ2) is 3.84. The number of primary amides is 1. The number of carboxylic acid groups (broad SMARTS) is 1. The molecule has 1 amide bonds. The zero-order chi connectivity index (χ0) is 10.7. The van der Waals surface area contributed by atoms with Gasteiger partial charge in [0.25, 0.3) is 0 Å². The molecule has 0 saturated carbocycles. The number of carbonyl (C=O) groups is 2. The lowest BCUT2D eigenvalue weighted by Gasteiger charge is -2.06. The smallest absolute Gasteiger partial charge is 0.325 e. The van der Waals surface area contributed by atoms with Gasteiger partial charge in [0, 0.05) is 12.4 Å². The summed E-state index contributed by atoms with van der Waals surface area (Å²) in [7, 11) is 0. The topological polar surface area (TPSA) is 119 Å². The Morgan fingerprint density at radius 3 is 2.57 bits per heavy atom. The van der Waals surface area contributed by atoms with Crippen LogP contribution in [0, 0.1) is 0 Å². The van der Waals surface area contributed by atoms with E-state index in [9.17, 15) is 9.59 Å². The minimum absolute atomic E-state index is 0.138. The van der Waals surface area contributed by atoms with E-state index in [0.29, 0.717) is 0 Å². The van der Waals surface area contributed by atoms with E-state index in [1.54, 1.807) is 0 Å². The Morgan fingerprint density at radius 1 is 1.43 bits per heavy atom. The monoisotopic (exact) mass is 195 g/mol. The van der Waals surface area contributed by atoms with Crippen molar-refractivity contribution in [1.82, 2.24) is 4.98 Å². The van der Waals surface area contributed by atoms with Gasteiger partial charge < -0.3 is 16.6 Å². The average Bonchev–Trinajstić information content (AvgIpc) is 2.16. The van der Waals surface area contributed by atoms with Gasteiger partial charge in [-0.2, -0.15) is 0 Å². The molecule has 1 aromatic rings. The average molecular weight is 195 g/mol. The van der Waals surface area contributed by atoms with E-state index in [0.717, 1.165) is 0 Å². The van der Waals surface area contributed by atoms with Crippen LogP contribution in [0.3, 0.4) is 0 Å². The number of rotatable bonds is 3. The Bertz CT molecular complexity index is 378. The lowest BCUT2D eigenvalue weighted by Crippen LogP contribution is -2.21. The number of hydrogen-bond donors (Lipinski definition) is 3. The Balaban J connectivity index is 3.05. The standard InChI is InChI=1S/C8H9N3O3/c9-6(8(13)14)4-1-5(7(10)12)3-11-2-4/h1-3,6H,9H2,(H2,10,12)(H,13,14). The molecule has 0 aromatic carbocycles. The molecule has 74 valence electrons. The van der Waals surface area contributed by atoms with Crippen molar-refractivity contribution in [2.24, 2.45) is 11.5 Å². The summed E-state index contributed by atoms with van der Waals surface area (Å²) < 4.78 is 0. The number of aromatic nitrogens is 1. The molecule has 0 aliphatic carbocycles. The number of nitrogens with two attached hydrogens (primary N) is 2. The quantitative estimate of drug-likeness (QED) is 0.587. The fraction of sp³-hybridized carbons (Fsp3) is 0.125. The second-order valence-corrected chi connectivity index (χ2v) is 2.69. The molecule has 1 rings (SSSR count). The highest BCUT2D eigenvalue weighted by molar-refractivity contribution is 5.92. The van der Waals surface area contributed by atoms with E-state index in [1.165, 1.54) is 18.5 Å². The lowest BCUT2D eigenvalue weighted by molar-refractivity contribution is -0.138. The third kappa shape index (κ3) is 2.05. The van der Waals surface area contributed by atoms with Crippen molar-refractivity contribution in [1.29, 1.82) is 0 Å². The summed E-state index contributed by atoms with van der Waals surface area (Å²) in [5.74, 6) is -1.86. The predicted molar refractivity (Wildman–Crippen MR) is 47.3 cm³/mol. The molecule has 6 nitrogen and oxygen atoms in total. The molecular formula is C8H9N3O3. The number of hydrogen-bond acceptors (Lipinski definition) is 4. The van der Waals surface area contributed by atoms with Crippen LogP contribution in [0.1, 0.15) is 22.0 Å². The molecule has 0 radical (unpaired) electrons. The molecular weight excluding hydrogens is 186 g/mol. The first-order chi connectivity index (χ1) is 6.52. The zero-order valence-corrected chi connectivity index (χ0v) is 7.18. The van der Waals surface area contributed by atoms with Crippen LogP contribution in [0.5, 0.6) is 0 Å². The number of amides is 1. The Morgan fingerprint density at radius 2 is 2.07 bits per heavy atom. The lowest BCUT2D eigenvalue weighted by atomic mass is 10.1. The summed E-state index contributed by atoms with van der Waals surface area (Å²) in [6, 6.07) is 0.121. The maximum Gasteiger partial charge on any atom is 0.325 e. The Hall–Kier alpha value is -1.95. The van der Waals surface area contributed by atoms with E-state index in [1.807, 2.05) is 0 Å². The molecule has 1 unspecified atom stereocenters. The van der Waals surface area contributed by atoms with Crippen molar-refractivity contribution in [3.05, 3.63) is 29.6 Å². The highest BCUT2D eigenvalue weighted by Crippen LogP contribution is 2.10. The Labute approximate surface area is 79.5 Å². The zero-order valence-electron chi connectivity index (χ0n) is 7.18. The molecule has 1 heterocycles. The molecule has 0 aliphatic rings. The molecule has 14 heavy (non-hydrogen) atoms. The molecule has 6 heteroatoms. The second-order valence-electron chi connectivity index (χ2n) is 2.69. The third-order valence-corrected chi connectivity index (χ3v) is 1.67. The summed E-state index contributed by atoms with van der Waals surface area (Å²) >= 11 is 0. The normalized spacial score (nSPS) is 12.1. The van der Waals surface area contributed by atoms with Gasteiger partial charge in [0.2, 0.25) is 5.91 Å². The largest absolute Gasteiger partial charge is 0.480 e. The number of aliphatic carboxylic acids is 1. The minimum atomic E-state index is -1.19. The highest BCUT2D eigenvalue weighted by atomic mass is 16.4. The molecule has 0 bridgehead atoms. The van der Waals surface area contributed by atoms with Crippen LogP contribution in [0.25, 0.3) is 0 Å². The van der Waals surface area contributed by atoms with Gasteiger partial charge in [-0.1, -0.05) is 0 Å². The van der Waals surface area contributed by atoms with Crippen molar-refractivity contribution < 1.29 is 14.7 Å². The first kappa shape index (κ1) is 10.1. The van der Waals surface area contributed by atoms with Gasteiger partial charge in [-0.05, 0) is 11.6 Å². The van der Waals surface area contributed by atoms with Gasteiger partial charge in [-0.25, -0.2) is 0 Å². The van der Waals surface area contributed by atoms with Gasteiger partial charge in [-0.3, -0.25) is 14.6 Å². The fourth-order valence-corrected chi connectivity index (χ4v) is 0.905. The fourth-order valence-electron chi connectivity index (χ4n) is 0.905. The predicted octanol–water partition coefficient (Wildman–Crippen LogP) is -0.735. The van der Waals surface area contributed by atoms with Gasteiger partial charge in [0.15, 0.2) is 0 Å². The van der Waals surface area contributed by atoms with Gasteiger partial charge in [0.1, 0.15) is 6.04 Å². The van der Waals surface area contributed by atoms with Crippen molar-refractivity contribution in [3.63, 3.8) is 0 Å². The molecule has 0 spiro atoms.